The second kappa shape index (κ2) is 8.46. The summed E-state index contributed by atoms with van der Waals surface area (Å²) in [5.74, 6) is 0.877. The number of rotatable bonds is 9. The summed E-state index contributed by atoms with van der Waals surface area (Å²) in [6.07, 6.45) is 7.60. The molecule has 0 bridgehead atoms. The number of hydrogen-bond donors (Lipinski definition) is 1. The van der Waals surface area contributed by atoms with Crippen LogP contribution in [0.15, 0.2) is 0 Å². The number of thioether (sulfide) groups is 1. The third kappa shape index (κ3) is 8.15. The highest BCUT2D eigenvalue weighted by atomic mass is 32.2. The van der Waals surface area contributed by atoms with E-state index in [-0.39, 0.29) is 0 Å². The summed E-state index contributed by atoms with van der Waals surface area (Å²) in [7, 11) is 0. The predicted octanol–water partition coefficient (Wildman–Crippen LogP) is 3.93. The van der Waals surface area contributed by atoms with Crippen molar-refractivity contribution in [3.05, 3.63) is 0 Å². The van der Waals surface area contributed by atoms with Gasteiger partial charge in [-0.2, -0.15) is 11.8 Å². The molecule has 0 aliphatic carbocycles. The maximum Gasteiger partial charge on any atom is 0.0225 e. The smallest absolute Gasteiger partial charge is 0.0225 e. The Labute approximate surface area is 101 Å². The fourth-order valence-electron chi connectivity index (χ4n) is 1.59. The minimum absolute atomic E-state index is 0.378. The Kier molecular flexibility index (Phi) is 8.64. The molecule has 0 saturated carbocycles. The molecule has 0 saturated heterocycles. The molecule has 0 rings (SSSR count). The Balaban J connectivity index is 3.62. The standard InChI is InChI=1S/C13H29NS/c1-6-8-9-12(7-2)10-14-11-13(3,4)15-5/h12,14H,6-11H2,1-5H3. The van der Waals surface area contributed by atoms with Gasteiger partial charge in [0, 0.05) is 11.3 Å². The third-order valence-corrected chi connectivity index (χ3v) is 4.33. The third-order valence-electron chi connectivity index (χ3n) is 3.08. The van der Waals surface area contributed by atoms with E-state index in [9.17, 15) is 0 Å². The molecule has 1 nitrogen and oxygen atoms in total. The van der Waals surface area contributed by atoms with Gasteiger partial charge >= 0.3 is 0 Å². The van der Waals surface area contributed by atoms with Crippen molar-refractivity contribution in [3.63, 3.8) is 0 Å². The second-order valence-corrected chi connectivity index (χ2v) is 6.52. The highest BCUT2D eigenvalue weighted by molar-refractivity contribution is 7.99. The van der Waals surface area contributed by atoms with Crippen LogP contribution < -0.4 is 5.32 Å². The average Bonchev–Trinajstić information content (AvgIpc) is 2.23. The summed E-state index contributed by atoms with van der Waals surface area (Å²) >= 11 is 1.94. The van der Waals surface area contributed by atoms with Crippen molar-refractivity contribution < 1.29 is 0 Å². The van der Waals surface area contributed by atoms with Gasteiger partial charge in [-0.3, -0.25) is 0 Å². The summed E-state index contributed by atoms with van der Waals surface area (Å²) in [5, 5.41) is 3.62. The van der Waals surface area contributed by atoms with Gasteiger partial charge in [-0.1, -0.05) is 33.1 Å². The van der Waals surface area contributed by atoms with Crippen LogP contribution in [0.3, 0.4) is 0 Å². The quantitative estimate of drug-likeness (QED) is 0.645. The minimum Gasteiger partial charge on any atom is -0.315 e. The van der Waals surface area contributed by atoms with Crippen LogP contribution in [0.1, 0.15) is 53.4 Å². The van der Waals surface area contributed by atoms with Gasteiger partial charge in [0.2, 0.25) is 0 Å². The second-order valence-electron chi connectivity index (χ2n) is 5.01. The lowest BCUT2D eigenvalue weighted by Crippen LogP contribution is -2.34. The van der Waals surface area contributed by atoms with Gasteiger partial charge in [-0.25, -0.2) is 0 Å². The highest BCUT2D eigenvalue weighted by Gasteiger charge is 2.15. The molecule has 0 aromatic rings. The molecule has 0 aliphatic heterocycles. The van der Waals surface area contributed by atoms with Crippen LogP contribution in [0.25, 0.3) is 0 Å². The molecule has 0 amide bonds. The van der Waals surface area contributed by atoms with Crippen LogP contribution in [0.4, 0.5) is 0 Å². The first kappa shape index (κ1) is 15.3. The molecule has 92 valence electrons. The van der Waals surface area contributed by atoms with E-state index in [4.69, 9.17) is 0 Å². The first-order valence-electron chi connectivity index (χ1n) is 6.31. The summed E-state index contributed by atoms with van der Waals surface area (Å²) in [6.45, 7) is 11.5. The van der Waals surface area contributed by atoms with Crippen LogP contribution in [-0.4, -0.2) is 24.1 Å². The van der Waals surface area contributed by atoms with E-state index in [1.165, 1.54) is 32.2 Å². The minimum atomic E-state index is 0.378. The van der Waals surface area contributed by atoms with Crippen LogP contribution in [0.2, 0.25) is 0 Å². The monoisotopic (exact) mass is 231 g/mol. The van der Waals surface area contributed by atoms with Crippen LogP contribution in [0, 0.1) is 5.92 Å². The molecule has 0 radical (unpaired) electrons. The molecular weight excluding hydrogens is 202 g/mol. The summed E-state index contributed by atoms with van der Waals surface area (Å²) in [5.41, 5.74) is 0. The van der Waals surface area contributed by atoms with E-state index in [0.29, 0.717) is 4.75 Å². The van der Waals surface area contributed by atoms with Crippen LogP contribution in [0.5, 0.6) is 0 Å². The fraction of sp³-hybridized carbons (Fsp3) is 1.00. The maximum absolute atomic E-state index is 3.62. The topological polar surface area (TPSA) is 12.0 Å². The van der Waals surface area contributed by atoms with Gasteiger partial charge in [0.15, 0.2) is 0 Å². The molecular formula is C13H29NS. The zero-order valence-electron chi connectivity index (χ0n) is 11.2. The first-order valence-corrected chi connectivity index (χ1v) is 7.54. The Morgan fingerprint density at radius 1 is 1.27 bits per heavy atom. The largest absolute Gasteiger partial charge is 0.315 e. The van der Waals surface area contributed by atoms with E-state index in [2.05, 4.69) is 39.3 Å². The van der Waals surface area contributed by atoms with Crippen molar-refractivity contribution in [1.29, 1.82) is 0 Å². The zero-order chi connectivity index (χ0) is 11.7. The summed E-state index contributed by atoms with van der Waals surface area (Å²) < 4.78 is 0.378. The van der Waals surface area contributed by atoms with Gasteiger partial charge in [0.25, 0.3) is 0 Å². The Morgan fingerprint density at radius 2 is 1.93 bits per heavy atom. The molecule has 0 spiro atoms. The summed E-state index contributed by atoms with van der Waals surface area (Å²) in [4.78, 5) is 0. The molecule has 0 aromatic carbocycles. The summed E-state index contributed by atoms with van der Waals surface area (Å²) in [6, 6.07) is 0. The van der Waals surface area contributed by atoms with Crippen molar-refractivity contribution in [2.75, 3.05) is 19.3 Å². The Hall–Kier alpha value is 0.310. The first-order chi connectivity index (χ1) is 7.05. The molecule has 1 unspecified atom stereocenters. The van der Waals surface area contributed by atoms with E-state index >= 15 is 0 Å². The van der Waals surface area contributed by atoms with Gasteiger partial charge in [-0.15, -0.1) is 0 Å². The van der Waals surface area contributed by atoms with E-state index in [1.54, 1.807) is 0 Å². The molecule has 1 atom stereocenters. The number of hydrogen-bond acceptors (Lipinski definition) is 2. The van der Waals surface area contributed by atoms with Gasteiger partial charge in [0.05, 0.1) is 0 Å². The lowest BCUT2D eigenvalue weighted by Gasteiger charge is -2.24. The van der Waals surface area contributed by atoms with Crippen molar-refractivity contribution >= 4 is 11.8 Å². The SMILES string of the molecule is CCCCC(CC)CNCC(C)(C)SC. The fourth-order valence-corrected chi connectivity index (χ4v) is 1.84. The van der Waals surface area contributed by atoms with E-state index < -0.39 is 0 Å². The zero-order valence-corrected chi connectivity index (χ0v) is 12.0. The molecule has 1 N–H and O–H groups in total. The molecule has 0 heterocycles. The predicted molar refractivity (Wildman–Crippen MR) is 73.8 cm³/mol. The number of unbranched alkanes of at least 4 members (excludes halogenated alkanes) is 1. The van der Waals surface area contributed by atoms with Gasteiger partial charge in [-0.05, 0) is 39.0 Å². The van der Waals surface area contributed by atoms with Crippen molar-refractivity contribution in [3.8, 4) is 0 Å². The van der Waals surface area contributed by atoms with E-state index in [1.807, 2.05) is 11.8 Å². The molecule has 15 heavy (non-hydrogen) atoms. The Bertz CT molecular complexity index is 145. The molecule has 2 heteroatoms. The van der Waals surface area contributed by atoms with Crippen molar-refractivity contribution in [2.45, 2.75) is 58.1 Å². The number of nitrogens with one attached hydrogen (secondary N) is 1. The van der Waals surface area contributed by atoms with E-state index in [0.717, 1.165) is 12.5 Å². The lowest BCUT2D eigenvalue weighted by molar-refractivity contribution is 0.412. The molecule has 0 fully saturated rings. The lowest BCUT2D eigenvalue weighted by atomic mass is 9.99. The maximum atomic E-state index is 3.62. The van der Waals surface area contributed by atoms with Gasteiger partial charge in [0.1, 0.15) is 0 Å². The van der Waals surface area contributed by atoms with Gasteiger partial charge < -0.3 is 5.32 Å². The highest BCUT2D eigenvalue weighted by Crippen LogP contribution is 2.20. The molecule has 0 aliphatic rings. The van der Waals surface area contributed by atoms with Crippen LogP contribution in [-0.2, 0) is 0 Å². The Morgan fingerprint density at radius 3 is 2.40 bits per heavy atom. The van der Waals surface area contributed by atoms with Crippen molar-refractivity contribution in [1.82, 2.24) is 5.32 Å². The average molecular weight is 231 g/mol. The molecule has 0 aromatic heterocycles. The van der Waals surface area contributed by atoms with Crippen molar-refractivity contribution in [2.24, 2.45) is 5.92 Å². The normalized spacial score (nSPS) is 14.2. The van der Waals surface area contributed by atoms with Crippen LogP contribution >= 0.6 is 11.8 Å².